The average Bonchev–Trinajstić information content (AvgIpc) is 2.54. The van der Waals surface area contributed by atoms with E-state index in [1.165, 1.54) is 31.2 Å². The smallest absolute Gasteiger partial charge is 0.269 e. The van der Waals surface area contributed by atoms with Crippen molar-refractivity contribution < 1.29 is 19.2 Å². The molecule has 0 atom stereocenters. The van der Waals surface area contributed by atoms with Crippen LogP contribution in [0, 0.1) is 10.1 Å². The minimum absolute atomic E-state index is 0.0287. The Bertz CT molecular complexity index is 579. The van der Waals surface area contributed by atoms with E-state index >= 15 is 0 Å². The standard InChI is InChI=1S/C15H19N3O5/c1-11(19)17-8-6-12(7-9-17)16-15(20)10-23-14-4-2-13(3-5-14)18(21)22/h2-5,12H,6-10H2,1H3,(H,16,20). The van der Waals surface area contributed by atoms with Crippen molar-refractivity contribution in [3.05, 3.63) is 34.4 Å². The summed E-state index contributed by atoms with van der Waals surface area (Å²) in [4.78, 5) is 34.9. The Morgan fingerprint density at radius 2 is 1.91 bits per heavy atom. The Morgan fingerprint density at radius 3 is 2.43 bits per heavy atom. The first-order valence-electron chi connectivity index (χ1n) is 7.38. The lowest BCUT2D eigenvalue weighted by molar-refractivity contribution is -0.384. The maximum absolute atomic E-state index is 11.9. The monoisotopic (exact) mass is 321 g/mol. The summed E-state index contributed by atoms with van der Waals surface area (Å²) in [6, 6.07) is 5.60. The third-order valence-corrected chi connectivity index (χ3v) is 3.72. The molecule has 1 aromatic carbocycles. The zero-order valence-corrected chi connectivity index (χ0v) is 12.9. The van der Waals surface area contributed by atoms with Gasteiger partial charge >= 0.3 is 0 Å². The van der Waals surface area contributed by atoms with Crippen LogP contribution in [0.5, 0.6) is 5.75 Å². The van der Waals surface area contributed by atoms with Gasteiger partial charge in [-0.05, 0) is 25.0 Å². The summed E-state index contributed by atoms with van der Waals surface area (Å²) >= 11 is 0. The molecule has 23 heavy (non-hydrogen) atoms. The lowest BCUT2D eigenvalue weighted by Gasteiger charge is -2.31. The summed E-state index contributed by atoms with van der Waals surface area (Å²) < 4.78 is 5.30. The molecule has 1 aromatic rings. The number of benzene rings is 1. The van der Waals surface area contributed by atoms with Gasteiger partial charge in [-0.3, -0.25) is 19.7 Å². The van der Waals surface area contributed by atoms with Gasteiger partial charge in [0.1, 0.15) is 5.75 Å². The number of hydrogen-bond acceptors (Lipinski definition) is 5. The minimum Gasteiger partial charge on any atom is -0.484 e. The average molecular weight is 321 g/mol. The molecule has 2 rings (SSSR count). The van der Waals surface area contributed by atoms with Crippen molar-refractivity contribution in [3.8, 4) is 5.75 Å². The number of carbonyl (C=O) groups excluding carboxylic acids is 2. The van der Waals surface area contributed by atoms with Crippen LogP contribution in [-0.2, 0) is 9.59 Å². The van der Waals surface area contributed by atoms with Crippen LogP contribution >= 0.6 is 0 Å². The van der Waals surface area contributed by atoms with Gasteiger partial charge in [-0.2, -0.15) is 0 Å². The van der Waals surface area contributed by atoms with Gasteiger partial charge in [0.2, 0.25) is 5.91 Å². The van der Waals surface area contributed by atoms with Crippen LogP contribution in [0.15, 0.2) is 24.3 Å². The predicted octanol–water partition coefficient (Wildman–Crippen LogP) is 1.10. The molecule has 1 saturated heterocycles. The highest BCUT2D eigenvalue weighted by atomic mass is 16.6. The fraction of sp³-hybridized carbons (Fsp3) is 0.467. The summed E-state index contributed by atoms with van der Waals surface area (Å²) in [5, 5.41) is 13.4. The number of nitrogens with one attached hydrogen (secondary N) is 1. The number of nitrogens with zero attached hydrogens (tertiary/aromatic N) is 2. The molecule has 0 aromatic heterocycles. The first kappa shape index (κ1) is 16.7. The third kappa shape index (κ3) is 4.94. The summed E-state index contributed by atoms with van der Waals surface area (Å²) in [6.07, 6.45) is 1.45. The molecule has 8 heteroatoms. The molecule has 8 nitrogen and oxygen atoms in total. The van der Waals surface area contributed by atoms with Crippen LogP contribution in [0.2, 0.25) is 0 Å². The van der Waals surface area contributed by atoms with E-state index in [-0.39, 0.29) is 30.2 Å². The van der Waals surface area contributed by atoms with E-state index in [4.69, 9.17) is 4.74 Å². The topological polar surface area (TPSA) is 102 Å². The lowest BCUT2D eigenvalue weighted by Crippen LogP contribution is -2.47. The SMILES string of the molecule is CC(=O)N1CCC(NC(=O)COc2ccc([N+](=O)[O-])cc2)CC1. The van der Waals surface area contributed by atoms with E-state index in [0.717, 1.165) is 12.8 Å². The van der Waals surface area contributed by atoms with Crippen molar-refractivity contribution in [1.29, 1.82) is 0 Å². The number of ether oxygens (including phenoxy) is 1. The van der Waals surface area contributed by atoms with Crippen LogP contribution in [0.4, 0.5) is 5.69 Å². The largest absolute Gasteiger partial charge is 0.484 e. The fourth-order valence-corrected chi connectivity index (χ4v) is 2.42. The molecule has 124 valence electrons. The van der Waals surface area contributed by atoms with Gasteiger partial charge in [0.25, 0.3) is 11.6 Å². The van der Waals surface area contributed by atoms with E-state index in [0.29, 0.717) is 18.8 Å². The quantitative estimate of drug-likeness (QED) is 0.646. The number of amides is 2. The first-order valence-corrected chi connectivity index (χ1v) is 7.38. The van der Waals surface area contributed by atoms with Crippen LogP contribution in [-0.4, -0.2) is 47.4 Å². The number of nitro benzene ring substituents is 1. The fourth-order valence-electron chi connectivity index (χ4n) is 2.42. The molecular weight excluding hydrogens is 302 g/mol. The van der Waals surface area contributed by atoms with Crippen molar-refractivity contribution in [1.82, 2.24) is 10.2 Å². The zero-order valence-electron chi connectivity index (χ0n) is 12.9. The Kier molecular flexibility index (Phi) is 5.51. The molecule has 1 fully saturated rings. The Balaban J connectivity index is 1.73. The molecule has 1 aliphatic rings. The number of likely N-dealkylation sites (tertiary alicyclic amines) is 1. The highest BCUT2D eigenvalue weighted by molar-refractivity contribution is 5.78. The third-order valence-electron chi connectivity index (χ3n) is 3.72. The number of non-ortho nitro benzene ring substituents is 1. The summed E-state index contributed by atoms with van der Waals surface area (Å²) in [7, 11) is 0. The molecular formula is C15H19N3O5. The Labute approximate surface area is 133 Å². The molecule has 1 N–H and O–H groups in total. The van der Waals surface area contributed by atoms with E-state index in [1.807, 2.05) is 0 Å². The summed E-state index contributed by atoms with van der Waals surface area (Å²) in [6.45, 7) is 2.68. The molecule has 0 unspecified atom stereocenters. The molecule has 2 amide bonds. The number of carbonyl (C=O) groups is 2. The second-order valence-electron chi connectivity index (χ2n) is 5.39. The van der Waals surface area contributed by atoms with E-state index in [9.17, 15) is 19.7 Å². The number of hydrogen-bond donors (Lipinski definition) is 1. The van der Waals surface area contributed by atoms with Crippen molar-refractivity contribution >= 4 is 17.5 Å². The predicted molar refractivity (Wildman–Crippen MR) is 82.0 cm³/mol. The highest BCUT2D eigenvalue weighted by Crippen LogP contribution is 2.17. The molecule has 1 heterocycles. The summed E-state index contributed by atoms with van der Waals surface area (Å²) in [5.74, 6) is 0.207. The second kappa shape index (κ2) is 7.57. The minimum atomic E-state index is -0.496. The maximum Gasteiger partial charge on any atom is 0.269 e. The van der Waals surface area contributed by atoms with Crippen LogP contribution < -0.4 is 10.1 Å². The van der Waals surface area contributed by atoms with Gasteiger partial charge in [0, 0.05) is 38.2 Å². The second-order valence-corrected chi connectivity index (χ2v) is 5.39. The van der Waals surface area contributed by atoms with Crippen LogP contribution in [0.1, 0.15) is 19.8 Å². The first-order chi connectivity index (χ1) is 11.0. The van der Waals surface area contributed by atoms with Gasteiger partial charge in [0.05, 0.1) is 4.92 Å². The van der Waals surface area contributed by atoms with E-state index in [1.54, 1.807) is 4.90 Å². The molecule has 0 bridgehead atoms. The Hall–Kier alpha value is -2.64. The molecule has 0 saturated carbocycles. The molecule has 1 aliphatic heterocycles. The van der Waals surface area contributed by atoms with Crippen molar-refractivity contribution in [2.45, 2.75) is 25.8 Å². The van der Waals surface area contributed by atoms with Gasteiger partial charge < -0.3 is 15.0 Å². The Morgan fingerprint density at radius 1 is 1.30 bits per heavy atom. The van der Waals surface area contributed by atoms with Crippen molar-refractivity contribution in [2.75, 3.05) is 19.7 Å². The number of piperidine rings is 1. The van der Waals surface area contributed by atoms with Crippen LogP contribution in [0.25, 0.3) is 0 Å². The van der Waals surface area contributed by atoms with E-state index in [2.05, 4.69) is 5.32 Å². The van der Waals surface area contributed by atoms with Crippen LogP contribution in [0.3, 0.4) is 0 Å². The number of nitro groups is 1. The zero-order chi connectivity index (χ0) is 16.8. The van der Waals surface area contributed by atoms with E-state index < -0.39 is 4.92 Å². The summed E-state index contributed by atoms with van der Waals surface area (Å²) in [5.41, 5.74) is -0.0287. The molecule has 0 aliphatic carbocycles. The van der Waals surface area contributed by atoms with Gasteiger partial charge in [-0.15, -0.1) is 0 Å². The van der Waals surface area contributed by atoms with Gasteiger partial charge in [-0.25, -0.2) is 0 Å². The molecule has 0 spiro atoms. The van der Waals surface area contributed by atoms with Gasteiger partial charge in [0.15, 0.2) is 6.61 Å². The van der Waals surface area contributed by atoms with Gasteiger partial charge in [-0.1, -0.05) is 0 Å². The maximum atomic E-state index is 11.9. The number of rotatable bonds is 5. The molecule has 0 radical (unpaired) electrons. The highest BCUT2D eigenvalue weighted by Gasteiger charge is 2.21. The van der Waals surface area contributed by atoms with Crippen molar-refractivity contribution in [2.24, 2.45) is 0 Å². The van der Waals surface area contributed by atoms with Crippen molar-refractivity contribution in [3.63, 3.8) is 0 Å². The normalized spacial score (nSPS) is 15.1. The lowest BCUT2D eigenvalue weighted by atomic mass is 10.1.